The van der Waals surface area contributed by atoms with Crippen molar-refractivity contribution in [3.05, 3.63) is 68.7 Å². The van der Waals surface area contributed by atoms with Gasteiger partial charge in [0.25, 0.3) is 5.69 Å². The van der Waals surface area contributed by atoms with E-state index in [9.17, 15) is 10.1 Å². The Hall–Kier alpha value is -2.07. The lowest BCUT2D eigenvalue weighted by atomic mass is 10.0. The van der Waals surface area contributed by atoms with Gasteiger partial charge < -0.3 is 5.32 Å². The Balaban J connectivity index is 2.34. The number of hydrogen-bond acceptors (Lipinski definition) is 3. The van der Waals surface area contributed by atoms with Crippen molar-refractivity contribution >= 4 is 23.0 Å². The van der Waals surface area contributed by atoms with Crippen LogP contribution in [0.5, 0.6) is 0 Å². The van der Waals surface area contributed by atoms with E-state index in [1.165, 1.54) is 6.07 Å². The number of nitro benzene ring substituents is 1. The number of nitrogens with one attached hydrogen (secondary N) is 1. The Bertz CT molecular complexity index is 658. The summed E-state index contributed by atoms with van der Waals surface area (Å²) >= 11 is 6.02. The quantitative estimate of drug-likeness (QED) is 0.616. The Labute approximate surface area is 128 Å². The molecule has 2 aromatic rings. The van der Waals surface area contributed by atoms with Crippen LogP contribution in [0.25, 0.3) is 0 Å². The first kappa shape index (κ1) is 15.3. The molecule has 1 atom stereocenters. The highest BCUT2D eigenvalue weighted by molar-refractivity contribution is 6.30. The molecule has 0 aliphatic carbocycles. The summed E-state index contributed by atoms with van der Waals surface area (Å²) < 4.78 is 0. The second kappa shape index (κ2) is 6.59. The van der Waals surface area contributed by atoms with Gasteiger partial charge in [0.05, 0.1) is 11.0 Å². The van der Waals surface area contributed by atoms with E-state index >= 15 is 0 Å². The maximum absolute atomic E-state index is 11.1. The molecular formula is C16H17ClN2O2. The van der Waals surface area contributed by atoms with E-state index in [4.69, 9.17) is 11.6 Å². The number of aryl methyl sites for hydroxylation is 1. The van der Waals surface area contributed by atoms with Crippen LogP contribution in [-0.2, 0) is 0 Å². The van der Waals surface area contributed by atoms with Crippen LogP contribution >= 0.6 is 11.6 Å². The fourth-order valence-corrected chi connectivity index (χ4v) is 2.46. The fraction of sp³-hybridized carbons (Fsp3) is 0.250. The first-order valence-corrected chi connectivity index (χ1v) is 7.16. The summed E-state index contributed by atoms with van der Waals surface area (Å²) in [6.07, 6.45) is 0.797. The standard InChI is InChI=1S/C16H17ClN2O2/c1-3-14(12-5-4-6-13(17)10-12)18-15-9-11(2)7-8-16(15)19(20)21/h4-10,14,18H,3H2,1-2H3. The van der Waals surface area contributed by atoms with Crippen LogP contribution in [0.4, 0.5) is 11.4 Å². The number of benzene rings is 2. The predicted molar refractivity (Wildman–Crippen MR) is 85.9 cm³/mol. The largest absolute Gasteiger partial charge is 0.373 e. The molecule has 0 saturated heterocycles. The van der Waals surface area contributed by atoms with Gasteiger partial charge in [-0.25, -0.2) is 0 Å². The highest BCUT2D eigenvalue weighted by Gasteiger charge is 2.17. The van der Waals surface area contributed by atoms with Crippen molar-refractivity contribution in [1.29, 1.82) is 0 Å². The molecule has 0 aromatic heterocycles. The third-order valence-electron chi connectivity index (χ3n) is 3.34. The molecule has 5 heteroatoms. The minimum Gasteiger partial charge on any atom is -0.373 e. The second-order valence-electron chi connectivity index (χ2n) is 4.94. The zero-order valence-corrected chi connectivity index (χ0v) is 12.7. The van der Waals surface area contributed by atoms with Crippen LogP contribution in [0, 0.1) is 17.0 Å². The molecule has 0 aliphatic rings. The number of rotatable bonds is 5. The Morgan fingerprint density at radius 3 is 2.67 bits per heavy atom. The zero-order chi connectivity index (χ0) is 15.4. The average molecular weight is 305 g/mol. The molecular weight excluding hydrogens is 288 g/mol. The van der Waals surface area contributed by atoms with Gasteiger partial charge in [-0.2, -0.15) is 0 Å². The molecule has 0 radical (unpaired) electrons. The summed E-state index contributed by atoms with van der Waals surface area (Å²) in [5.74, 6) is 0. The molecule has 2 aromatic carbocycles. The van der Waals surface area contributed by atoms with E-state index in [1.807, 2.05) is 38.1 Å². The van der Waals surface area contributed by atoms with Crippen molar-refractivity contribution in [3.63, 3.8) is 0 Å². The van der Waals surface area contributed by atoms with Gasteiger partial charge >= 0.3 is 0 Å². The number of nitro groups is 1. The summed E-state index contributed by atoms with van der Waals surface area (Å²) in [4.78, 5) is 10.8. The van der Waals surface area contributed by atoms with E-state index in [2.05, 4.69) is 5.32 Å². The Morgan fingerprint density at radius 1 is 1.29 bits per heavy atom. The second-order valence-corrected chi connectivity index (χ2v) is 5.37. The summed E-state index contributed by atoms with van der Waals surface area (Å²) in [5, 5.41) is 15.1. The highest BCUT2D eigenvalue weighted by atomic mass is 35.5. The minimum atomic E-state index is -0.369. The number of nitrogens with zero attached hydrogens (tertiary/aromatic N) is 1. The van der Waals surface area contributed by atoms with Crippen molar-refractivity contribution in [2.24, 2.45) is 0 Å². The van der Waals surface area contributed by atoms with E-state index in [1.54, 1.807) is 12.1 Å². The molecule has 110 valence electrons. The number of anilines is 1. The van der Waals surface area contributed by atoms with Gasteiger partial charge in [0.15, 0.2) is 0 Å². The molecule has 0 bridgehead atoms. The van der Waals surface area contributed by atoms with Crippen LogP contribution in [0.2, 0.25) is 5.02 Å². The number of hydrogen-bond donors (Lipinski definition) is 1. The van der Waals surface area contributed by atoms with Crippen molar-refractivity contribution in [3.8, 4) is 0 Å². The summed E-state index contributed by atoms with van der Waals surface area (Å²) in [7, 11) is 0. The normalized spacial score (nSPS) is 12.0. The molecule has 0 heterocycles. The predicted octanol–water partition coefficient (Wildman–Crippen LogP) is 5.12. The van der Waals surface area contributed by atoms with E-state index in [0.29, 0.717) is 10.7 Å². The molecule has 2 rings (SSSR count). The van der Waals surface area contributed by atoms with E-state index < -0.39 is 0 Å². The van der Waals surface area contributed by atoms with E-state index in [-0.39, 0.29) is 16.7 Å². The van der Waals surface area contributed by atoms with Gasteiger partial charge in [-0.3, -0.25) is 10.1 Å². The van der Waals surface area contributed by atoms with Gasteiger partial charge in [-0.1, -0.05) is 36.7 Å². The smallest absolute Gasteiger partial charge is 0.292 e. The third-order valence-corrected chi connectivity index (χ3v) is 3.57. The lowest BCUT2D eigenvalue weighted by Gasteiger charge is -2.19. The summed E-state index contributed by atoms with van der Waals surface area (Å²) in [6, 6.07) is 12.6. The Kier molecular flexibility index (Phi) is 4.81. The lowest BCUT2D eigenvalue weighted by molar-refractivity contribution is -0.384. The molecule has 4 nitrogen and oxygen atoms in total. The molecule has 1 N–H and O–H groups in total. The topological polar surface area (TPSA) is 55.2 Å². The van der Waals surface area contributed by atoms with Crippen LogP contribution in [0.1, 0.15) is 30.5 Å². The van der Waals surface area contributed by atoms with E-state index in [0.717, 1.165) is 17.5 Å². The summed E-state index contributed by atoms with van der Waals surface area (Å²) in [6.45, 7) is 3.94. The highest BCUT2D eigenvalue weighted by Crippen LogP contribution is 2.31. The molecule has 0 aliphatic heterocycles. The molecule has 0 fully saturated rings. The van der Waals surface area contributed by atoms with Crippen molar-refractivity contribution in [1.82, 2.24) is 0 Å². The molecule has 0 spiro atoms. The van der Waals surface area contributed by atoms with Crippen LogP contribution in [-0.4, -0.2) is 4.92 Å². The van der Waals surface area contributed by atoms with Gasteiger partial charge in [0.1, 0.15) is 5.69 Å². The van der Waals surface area contributed by atoms with Crippen molar-refractivity contribution in [2.75, 3.05) is 5.32 Å². The van der Waals surface area contributed by atoms with Crippen molar-refractivity contribution < 1.29 is 4.92 Å². The summed E-state index contributed by atoms with van der Waals surface area (Å²) in [5.41, 5.74) is 2.61. The average Bonchev–Trinajstić information content (AvgIpc) is 2.44. The van der Waals surface area contributed by atoms with Gasteiger partial charge in [0, 0.05) is 11.1 Å². The van der Waals surface area contributed by atoms with Crippen LogP contribution in [0.15, 0.2) is 42.5 Å². The minimum absolute atomic E-state index is 0.0239. The van der Waals surface area contributed by atoms with Gasteiger partial charge in [-0.05, 0) is 42.7 Å². The molecule has 0 amide bonds. The maximum Gasteiger partial charge on any atom is 0.292 e. The monoisotopic (exact) mass is 304 g/mol. The zero-order valence-electron chi connectivity index (χ0n) is 12.0. The van der Waals surface area contributed by atoms with Gasteiger partial charge in [0.2, 0.25) is 0 Å². The number of halogens is 1. The molecule has 1 unspecified atom stereocenters. The SMILES string of the molecule is CCC(Nc1cc(C)ccc1[N+](=O)[O-])c1cccc(Cl)c1. The van der Waals surface area contributed by atoms with Crippen LogP contribution in [0.3, 0.4) is 0 Å². The fourth-order valence-electron chi connectivity index (χ4n) is 2.26. The Morgan fingerprint density at radius 2 is 2.05 bits per heavy atom. The third kappa shape index (κ3) is 3.73. The first-order chi connectivity index (χ1) is 10.0. The van der Waals surface area contributed by atoms with Crippen molar-refractivity contribution in [2.45, 2.75) is 26.3 Å². The van der Waals surface area contributed by atoms with Crippen LogP contribution < -0.4 is 5.32 Å². The first-order valence-electron chi connectivity index (χ1n) is 6.78. The van der Waals surface area contributed by atoms with Gasteiger partial charge in [-0.15, -0.1) is 0 Å². The maximum atomic E-state index is 11.1. The molecule has 0 saturated carbocycles. The molecule has 21 heavy (non-hydrogen) atoms. The lowest BCUT2D eigenvalue weighted by Crippen LogP contribution is -2.11.